The molecule has 2 aliphatic rings. The van der Waals surface area contributed by atoms with Crippen LogP contribution in [0.5, 0.6) is 0 Å². The van der Waals surface area contributed by atoms with Gasteiger partial charge in [0.25, 0.3) is 0 Å². The maximum absolute atomic E-state index is 13.2. The number of halogens is 3. The van der Waals surface area contributed by atoms with Crippen LogP contribution < -0.4 is 0 Å². The van der Waals surface area contributed by atoms with Crippen LogP contribution in [0.2, 0.25) is 0 Å². The Morgan fingerprint density at radius 1 is 1.22 bits per heavy atom. The van der Waals surface area contributed by atoms with Gasteiger partial charge in [0.05, 0.1) is 11.2 Å². The minimum absolute atomic E-state index is 0.291. The van der Waals surface area contributed by atoms with E-state index < -0.39 is 17.3 Å². The zero-order chi connectivity index (χ0) is 19.7. The summed E-state index contributed by atoms with van der Waals surface area (Å²) in [5, 5.41) is 11.4. The van der Waals surface area contributed by atoms with Crippen molar-refractivity contribution in [3.8, 4) is 0 Å². The second-order valence-electron chi connectivity index (χ2n) is 8.51. The Morgan fingerprint density at radius 2 is 1.93 bits per heavy atom. The molecule has 0 bridgehead atoms. The average molecular weight is 384 g/mol. The van der Waals surface area contributed by atoms with Gasteiger partial charge in [0.15, 0.2) is 0 Å². The zero-order valence-electron chi connectivity index (χ0n) is 16.3. The molecule has 1 aromatic rings. The van der Waals surface area contributed by atoms with Crippen molar-refractivity contribution in [1.29, 1.82) is 0 Å². The Labute approximate surface area is 160 Å². The number of likely N-dealkylation sites (tertiary alicyclic amines) is 1. The van der Waals surface area contributed by atoms with Crippen LogP contribution >= 0.6 is 0 Å². The van der Waals surface area contributed by atoms with Crippen LogP contribution in [0.1, 0.15) is 55.6 Å². The van der Waals surface area contributed by atoms with Crippen molar-refractivity contribution in [1.82, 2.24) is 9.80 Å². The van der Waals surface area contributed by atoms with Crippen molar-refractivity contribution in [2.45, 2.75) is 62.3 Å². The normalized spacial score (nSPS) is 25.1. The first kappa shape index (κ1) is 20.6. The molecule has 27 heavy (non-hydrogen) atoms. The van der Waals surface area contributed by atoms with Gasteiger partial charge in [0.2, 0.25) is 0 Å². The summed E-state index contributed by atoms with van der Waals surface area (Å²) in [4.78, 5) is 4.51. The van der Waals surface area contributed by atoms with Crippen molar-refractivity contribution in [2.75, 3.05) is 33.7 Å². The van der Waals surface area contributed by atoms with Crippen molar-refractivity contribution in [2.24, 2.45) is 0 Å². The van der Waals surface area contributed by atoms with Crippen LogP contribution in [0.25, 0.3) is 0 Å². The summed E-state index contributed by atoms with van der Waals surface area (Å²) in [6.07, 6.45) is 0.987. The zero-order valence-corrected chi connectivity index (χ0v) is 16.3. The maximum Gasteiger partial charge on any atom is 0.416 e. The summed E-state index contributed by atoms with van der Waals surface area (Å²) < 4.78 is 39.7. The van der Waals surface area contributed by atoms with Gasteiger partial charge in [0, 0.05) is 25.0 Å². The third-order valence-electron chi connectivity index (χ3n) is 6.40. The summed E-state index contributed by atoms with van der Waals surface area (Å²) in [5.74, 6) is -0.291. The van der Waals surface area contributed by atoms with Crippen molar-refractivity contribution >= 4 is 0 Å². The van der Waals surface area contributed by atoms with Crippen molar-refractivity contribution in [3.63, 3.8) is 0 Å². The minimum Gasteiger partial charge on any atom is -0.389 e. The summed E-state index contributed by atoms with van der Waals surface area (Å²) in [6, 6.07) is 6.06. The Balaban J connectivity index is 1.87. The van der Waals surface area contributed by atoms with E-state index in [1.54, 1.807) is 6.07 Å². The standard InChI is InChI=1S/C21H31F3N2O/c1-25(2)18-9-12-26(14-18)15-19(20(27)10-4-3-5-11-20)16-7-6-8-17(13-16)21(22,23)24/h6-8,13,18-19,27H,3-5,9-12,14-15H2,1-2H3/t18-,19?/m0/s1. The molecule has 1 saturated heterocycles. The second kappa shape index (κ2) is 8.10. The fourth-order valence-corrected chi connectivity index (χ4v) is 4.69. The Bertz CT molecular complexity index is 626. The van der Waals surface area contributed by atoms with Crippen LogP contribution in [0, 0.1) is 0 Å². The molecule has 0 aromatic heterocycles. The molecule has 0 radical (unpaired) electrons. The summed E-state index contributed by atoms with van der Waals surface area (Å²) in [6.45, 7) is 2.44. The molecule has 152 valence electrons. The lowest BCUT2D eigenvalue weighted by Crippen LogP contribution is -2.44. The lowest BCUT2D eigenvalue weighted by Gasteiger charge is -2.41. The molecule has 1 saturated carbocycles. The van der Waals surface area contributed by atoms with E-state index in [1.165, 1.54) is 12.1 Å². The highest BCUT2D eigenvalue weighted by atomic mass is 19.4. The molecule has 1 N–H and O–H groups in total. The predicted octanol–water partition coefficient (Wildman–Crippen LogP) is 4.12. The van der Waals surface area contributed by atoms with E-state index in [2.05, 4.69) is 23.9 Å². The largest absolute Gasteiger partial charge is 0.416 e. The monoisotopic (exact) mass is 384 g/mol. The first-order valence-electron chi connectivity index (χ1n) is 9.97. The molecule has 0 amide bonds. The number of rotatable bonds is 5. The van der Waals surface area contributed by atoms with E-state index in [4.69, 9.17) is 0 Å². The van der Waals surface area contributed by atoms with Crippen LogP contribution in [-0.4, -0.2) is 60.3 Å². The Kier molecular flexibility index (Phi) is 6.18. The molecule has 1 heterocycles. The maximum atomic E-state index is 13.2. The van der Waals surface area contributed by atoms with Gasteiger partial charge >= 0.3 is 6.18 Å². The molecule has 6 heteroatoms. The van der Waals surface area contributed by atoms with Gasteiger partial charge in [-0.3, -0.25) is 0 Å². The summed E-state index contributed by atoms with van der Waals surface area (Å²) in [5.41, 5.74) is -0.932. The molecular weight excluding hydrogens is 353 g/mol. The lowest BCUT2D eigenvalue weighted by molar-refractivity contribution is -0.137. The summed E-state index contributed by atoms with van der Waals surface area (Å²) >= 11 is 0. The topological polar surface area (TPSA) is 26.7 Å². The molecule has 2 atom stereocenters. The van der Waals surface area contributed by atoms with Gasteiger partial charge in [-0.15, -0.1) is 0 Å². The third-order valence-corrected chi connectivity index (χ3v) is 6.40. The van der Waals surface area contributed by atoms with Crippen LogP contribution in [0.3, 0.4) is 0 Å². The SMILES string of the molecule is CN(C)[C@H]1CCN(CC(c2cccc(C(F)(F)F)c2)C2(O)CCCCC2)C1. The van der Waals surface area contributed by atoms with Gasteiger partial charge in [0.1, 0.15) is 0 Å². The number of nitrogens with zero attached hydrogens (tertiary/aromatic N) is 2. The molecule has 1 unspecified atom stereocenters. The molecule has 1 aliphatic carbocycles. The van der Waals surface area contributed by atoms with Gasteiger partial charge in [-0.1, -0.05) is 37.5 Å². The highest BCUT2D eigenvalue weighted by molar-refractivity contribution is 5.31. The van der Waals surface area contributed by atoms with E-state index >= 15 is 0 Å². The molecule has 3 rings (SSSR count). The van der Waals surface area contributed by atoms with Gasteiger partial charge in [-0.05, 0) is 51.5 Å². The highest BCUT2D eigenvalue weighted by Crippen LogP contribution is 2.42. The third kappa shape index (κ3) is 4.84. The number of alkyl halides is 3. The highest BCUT2D eigenvalue weighted by Gasteiger charge is 2.41. The molecule has 0 spiro atoms. The predicted molar refractivity (Wildman–Crippen MR) is 101 cm³/mol. The number of hydrogen-bond acceptors (Lipinski definition) is 3. The Morgan fingerprint density at radius 3 is 2.52 bits per heavy atom. The van der Waals surface area contributed by atoms with Crippen LogP contribution in [0.4, 0.5) is 13.2 Å². The van der Waals surface area contributed by atoms with E-state index in [9.17, 15) is 18.3 Å². The average Bonchev–Trinajstić information content (AvgIpc) is 3.09. The number of aliphatic hydroxyl groups is 1. The van der Waals surface area contributed by atoms with Gasteiger partial charge in [-0.25, -0.2) is 0 Å². The molecule has 1 aromatic carbocycles. The van der Waals surface area contributed by atoms with E-state index in [-0.39, 0.29) is 5.92 Å². The molecule has 3 nitrogen and oxygen atoms in total. The lowest BCUT2D eigenvalue weighted by atomic mass is 9.72. The molecular formula is C21H31F3N2O. The van der Waals surface area contributed by atoms with E-state index in [0.717, 1.165) is 44.8 Å². The Hall–Kier alpha value is -1.11. The van der Waals surface area contributed by atoms with Crippen LogP contribution in [0.15, 0.2) is 24.3 Å². The van der Waals surface area contributed by atoms with Crippen molar-refractivity contribution < 1.29 is 18.3 Å². The number of likely N-dealkylation sites (N-methyl/N-ethyl adjacent to an activating group) is 1. The second-order valence-corrected chi connectivity index (χ2v) is 8.51. The smallest absolute Gasteiger partial charge is 0.389 e. The fourth-order valence-electron chi connectivity index (χ4n) is 4.69. The fraction of sp³-hybridized carbons (Fsp3) is 0.714. The molecule has 1 aliphatic heterocycles. The quantitative estimate of drug-likeness (QED) is 0.827. The first-order chi connectivity index (χ1) is 12.7. The van der Waals surface area contributed by atoms with Gasteiger partial charge < -0.3 is 14.9 Å². The summed E-state index contributed by atoms with van der Waals surface area (Å²) in [7, 11) is 4.13. The minimum atomic E-state index is -4.36. The van der Waals surface area contributed by atoms with Crippen LogP contribution in [-0.2, 0) is 6.18 Å². The van der Waals surface area contributed by atoms with E-state index in [1.807, 2.05) is 0 Å². The molecule has 2 fully saturated rings. The van der Waals surface area contributed by atoms with E-state index in [0.29, 0.717) is 31.0 Å². The van der Waals surface area contributed by atoms with Gasteiger partial charge in [-0.2, -0.15) is 13.2 Å². The first-order valence-corrected chi connectivity index (χ1v) is 9.97. The number of benzene rings is 1. The number of hydrogen-bond donors (Lipinski definition) is 1. The van der Waals surface area contributed by atoms with Crippen molar-refractivity contribution in [3.05, 3.63) is 35.4 Å².